The molecule has 4 fully saturated rings. The third-order valence-corrected chi connectivity index (χ3v) is 22.8. The summed E-state index contributed by atoms with van der Waals surface area (Å²) < 4.78 is 82.1. The van der Waals surface area contributed by atoms with Gasteiger partial charge in [-0.25, -0.2) is 22.0 Å². The molecule has 0 spiro atoms. The van der Waals surface area contributed by atoms with Crippen molar-refractivity contribution in [1.29, 1.82) is 0 Å². The van der Waals surface area contributed by atoms with Gasteiger partial charge in [-0.2, -0.15) is 39.3 Å². The lowest BCUT2D eigenvalue weighted by atomic mass is 10.1. The predicted molar refractivity (Wildman–Crippen MR) is 449 cm³/mol. The Morgan fingerprint density at radius 1 is 0.350 bits per heavy atom. The maximum absolute atomic E-state index is 13.9. The molecular weight excluding hydrogens is 1530 g/mol. The summed E-state index contributed by atoms with van der Waals surface area (Å²) in [6.45, 7) is 14.6. The average Bonchev–Trinajstić information content (AvgIpc) is 1.65. The second-order valence-electron chi connectivity index (χ2n) is 30.8. The van der Waals surface area contributed by atoms with E-state index in [1.807, 2.05) is 119 Å². The zero-order valence-electron chi connectivity index (χ0n) is 66.9. The van der Waals surface area contributed by atoms with E-state index in [9.17, 15) is 22.0 Å². The fourth-order valence-corrected chi connectivity index (χ4v) is 15.8. The highest BCUT2D eigenvalue weighted by molar-refractivity contribution is 5.84. The number of aryl methyl sites for hydroxylation is 2. The van der Waals surface area contributed by atoms with Gasteiger partial charge in [0.1, 0.15) is 65.4 Å². The van der Waals surface area contributed by atoms with Crippen LogP contribution in [-0.2, 0) is 19.8 Å². The van der Waals surface area contributed by atoms with Gasteiger partial charge >= 0.3 is 0 Å². The molecule has 0 radical (unpaired) electrons. The van der Waals surface area contributed by atoms with Gasteiger partial charge in [0, 0.05) is 124 Å². The highest BCUT2D eigenvalue weighted by Crippen LogP contribution is 2.33. The van der Waals surface area contributed by atoms with E-state index in [2.05, 4.69) is 146 Å². The van der Waals surface area contributed by atoms with Gasteiger partial charge in [0.2, 0.25) is 0 Å². The number of fused-ring (bicyclic) bond motifs is 4. The molecule has 4 aliphatic rings. The summed E-state index contributed by atoms with van der Waals surface area (Å²) in [4.78, 5) is 42.0. The van der Waals surface area contributed by atoms with Crippen LogP contribution in [0.3, 0.4) is 0 Å². The highest BCUT2D eigenvalue weighted by atomic mass is 19.2. The van der Waals surface area contributed by atoms with Crippen LogP contribution in [0.4, 0.5) is 22.0 Å². The molecule has 4 aliphatic heterocycles. The number of nitrogens with zero attached hydrogens (tertiary/aromatic N) is 16. The first kappa shape index (κ1) is 79.6. The number of hydrogen-bond donors (Lipinski definition) is 4. The van der Waals surface area contributed by atoms with Crippen LogP contribution in [0.25, 0.3) is 88.6 Å². The second-order valence-corrected chi connectivity index (χ2v) is 30.8. The Bertz CT molecular complexity index is 6170. The topological polar surface area (TPSA) is 228 Å². The summed E-state index contributed by atoms with van der Waals surface area (Å²) in [5.41, 5.74) is 19.7. The molecule has 4 N–H and O–H groups in total. The minimum absolute atomic E-state index is 0.0619. The van der Waals surface area contributed by atoms with E-state index in [0.29, 0.717) is 36.3 Å². The minimum Gasteiger partial charge on any atom is -0.409 e. The first-order valence-electron chi connectivity index (χ1n) is 40.9. The maximum atomic E-state index is 13.9. The van der Waals surface area contributed by atoms with Gasteiger partial charge in [-0.05, 0) is 243 Å². The molecule has 20 rings (SSSR count). The van der Waals surface area contributed by atoms with Crippen LogP contribution in [0.2, 0.25) is 0 Å². The second kappa shape index (κ2) is 36.6. The van der Waals surface area contributed by atoms with Gasteiger partial charge in [0.25, 0.3) is 0 Å². The van der Waals surface area contributed by atoms with E-state index in [-0.39, 0.29) is 30.7 Å². The van der Waals surface area contributed by atoms with Crippen molar-refractivity contribution in [3.8, 4) is 44.5 Å². The average molecular weight is 1630 g/mol. The largest absolute Gasteiger partial charge is 0.409 e. The van der Waals surface area contributed by atoms with Crippen LogP contribution in [-0.4, -0.2) is 130 Å². The minimum atomic E-state index is -0.886. The quantitative estimate of drug-likeness (QED) is 0.0520. The van der Waals surface area contributed by atoms with Gasteiger partial charge in [0.15, 0.2) is 11.6 Å². The molecule has 0 aliphatic carbocycles. The molecule has 0 bridgehead atoms. The Labute approximate surface area is 689 Å². The van der Waals surface area contributed by atoms with Gasteiger partial charge in [-0.15, -0.1) is 0 Å². The number of aromatic nitrogens is 16. The lowest BCUT2D eigenvalue weighted by Crippen LogP contribution is -2.29. The third kappa shape index (κ3) is 18.5. The van der Waals surface area contributed by atoms with Crippen molar-refractivity contribution < 1.29 is 41.3 Å². The number of rotatable bonds is 20. The molecule has 1 atom stereocenters. The van der Waals surface area contributed by atoms with Crippen LogP contribution in [0, 0.1) is 42.9 Å². The Hall–Kier alpha value is -12.8. The molecule has 16 aromatic rings. The molecule has 16 heterocycles. The molecule has 24 nitrogen and oxygen atoms in total. The van der Waals surface area contributed by atoms with Crippen molar-refractivity contribution in [2.75, 3.05) is 52.4 Å². The Balaban J connectivity index is 0.000000114. The Morgan fingerprint density at radius 2 is 0.717 bits per heavy atom. The molecule has 616 valence electrons. The van der Waals surface area contributed by atoms with Crippen molar-refractivity contribution in [3.05, 3.63) is 289 Å². The molecule has 4 saturated heterocycles. The third-order valence-electron chi connectivity index (χ3n) is 22.8. The summed E-state index contributed by atoms with van der Waals surface area (Å²) in [5.74, 6) is -2.99. The highest BCUT2D eigenvalue weighted by Gasteiger charge is 2.24. The van der Waals surface area contributed by atoms with Crippen molar-refractivity contribution >= 4 is 44.1 Å². The van der Waals surface area contributed by atoms with E-state index < -0.39 is 23.3 Å². The van der Waals surface area contributed by atoms with Crippen LogP contribution in [0.15, 0.2) is 227 Å². The molecule has 29 heteroatoms. The molecule has 0 saturated carbocycles. The monoisotopic (exact) mass is 1620 g/mol. The van der Waals surface area contributed by atoms with Crippen molar-refractivity contribution in [1.82, 2.24) is 99.2 Å². The van der Waals surface area contributed by atoms with Gasteiger partial charge < -0.3 is 40.6 Å². The number of hydrogen-bond acceptors (Lipinski definition) is 16. The van der Waals surface area contributed by atoms with Crippen LogP contribution >= 0.6 is 0 Å². The fraction of sp³-hybridized carbons (Fsp3) is 0.297. The van der Waals surface area contributed by atoms with E-state index in [4.69, 9.17) is 19.4 Å². The van der Waals surface area contributed by atoms with Crippen LogP contribution < -0.4 is 40.6 Å². The lowest BCUT2D eigenvalue weighted by Gasteiger charge is -2.22. The number of pyridine rings is 4. The van der Waals surface area contributed by atoms with E-state index in [1.54, 1.807) is 27.9 Å². The Morgan fingerprint density at radius 3 is 1.12 bits per heavy atom. The maximum Gasteiger partial charge on any atom is 0.159 e. The predicted octanol–water partition coefficient (Wildman–Crippen LogP) is 15.7. The van der Waals surface area contributed by atoms with Crippen LogP contribution in [0.1, 0.15) is 122 Å². The first-order chi connectivity index (χ1) is 58.7. The number of halogens is 5. The van der Waals surface area contributed by atoms with Gasteiger partial charge in [0.05, 0.1) is 71.0 Å². The number of piperidine rings is 4. The SMILES string of the molecule is Cc1cc(F)ccc1COn1ccc2ncc(-c3cnn(C4CCNCC4)c3)cc21.Cc1ccccc1C(C)On1ccc2ncc(-c3cnn(C4CCNCC4)c3)cc21.Fc1ccc(COn2ccc3ncc(-c4cnn(C5CCNCC5)c4)cc32)cc1F.Fc1ccc(F)c(COn2ccc3ncc(-c4cnn(C5CCNCC5)c4)cc32)c1. The standard InChI is InChI=1S/C24H27N5O.C23H24FN5O.2C22H21F2N5O/c1-17-5-3-4-6-22(17)18(2)30-29-12-9-23-24(29)13-19(14-26-23)20-15-27-28(16-20)21-7-10-25-11-8-21;1-16-10-20(24)3-2-17(16)15-30-29-9-6-22-23(29)11-18(12-26-22)19-13-27-28(14-19)21-4-7-25-8-5-21;23-18-1-2-20(24)16(9-18)14-30-29-8-5-21-22(29)10-15(11-26-21)17-12-27-28(13-17)19-3-6-25-7-4-19;23-19-2-1-15(9-20(19)24)14-30-29-8-5-21-22(29)10-16(11-26-21)17-12-27-28(13-17)18-3-6-25-7-4-18/h3-6,9,12-16,18,21,25H,7-8,10-11H2,1-2H3;2-3,6,9-14,21,25H,4-5,7-8,15H2,1H3;1-2,5,8-13,19,25H,3-4,6-7,14H2;1-2,5,8-13,18,25H,3-4,6-7,14H2. The number of nitrogens with one attached hydrogen (secondary N) is 4. The fourth-order valence-electron chi connectivity index (χ4n) is 15.8. The molecule has 120 heavy (non-hydrogen) atoms. The number of benzene rings is 4. The summed E-state index contributed by atoms with van der Waals surface area (Å²) in [6.07, 6.45) is 39.2. The lowest BCUT2D eigenvalue weighted by molar-refractivity contribution is 0.0559. The van der Waals surface area contributed by atoms with Crippen molar-refractivity contribution in [2.45, 2.75) is 122 Å². The zero-order valence-corrected chi connectivity index (χ0v) is 66.9. The summed E-state index contributed by atoms with van der Waals surface area (Å²) in [5, 5.41) is 31.9. The summed E-state index contributed by atoms with van der Waals surface area (Å²) >= 11 is 0. The van der Waals surface area contributed by atoms with E-state index in [1.165, 1.54) is 34.1 Å². The van der Waals surface area contributed by atoms with Gasteiger partial charge in [-0.1, -0.05) is 36.4 Å². The molecule has 4 aromatic carbocycles. The zero-order chi connectivity index (χ0) is 82.0. The molecule has 0 amide bonds. The Kier molecular flexibility index (Phi) is 24.3. The van der Waals surface area contributed by atoms with Crippen molar-refractivity contribution in [3.63, 3.8) is 0 Å². The molecule has 1 unspecified atom stereocenters. The summed E-state index contributed by atoms with van der Waals surface area (Å²) in [7, 11) is 0. The smallest absolute Gasteiger partial charge is 0.159 e. The van der Waals surface area contributed by atoms with E-state index >= 15 is 0 Å². The normalized spacial score (nSPS) is 15.3. The first-order valence-corrected chi connectivity index (χ1v) is 40.9. The van der Waals surface area contributed by atoms with E-state index in [0.717, 1.165) is 234 Å². The van der Waals surface area contributed by atoms with Crippen molar-refractivity contribution in [2.24, 2.45) is 0 Å². The van der Waals surface area contributed by atoms with Crippen LogP contribution in [0.5, 0.6) is 0 Å². The molecule has 12 aromatic heterocycles. The van der Waals surface area contributed by atoms with Gasteiger partial charge in [-0.3, -0.25) is 38.7 Å². The molecular formula is C91H93F5N20O4. The summed E-state index contributed by atoms with van der Waals surface area (Å²) in [6, 6.07) is 37.6.